The fraction of sp³-hybridized carbons (Fsp3) is 0.381. The van der Waals surface area contributed by atoms with Crippen LogP contribution in [0.5, 0.6) is 11.5 Å². The van der Waals surface area contributed by atoms with Gasteiger partial charge < -0.3 is 19.7 Å². The Morgan fingerprint density at radius 3 is 2.54 bits per heavy atom. The number of nitrogens with one attached hydrogen (secondary N) is 1. The van der Waals surface area contributed by atoms with Gasteiger partial charge in [-0.1, -0.05) is 30.3 Å². The second-order valence-electron chi connectivity index (χ2n) is 6.76. The van der Waals surface area contributed by atoms with Gasteiger partial charge >= 0.3 is 0 Å². The van der Waals surface area contributed by atoms with Gasteiger partial charge in [0, 0.05) is 26.1 Å². The van der Waals surface area contributed by atoms with Crippen LogP contribution in [0.4, 0.5) is 0 Å². The number of hydrogen-bond acceptors (Lipinski definition) is 3. The van der Waals surface area contributed by atoms with E-state index in [1.807, 2.05) is 6.07 Å². The summed E-state index contributed by atoms with van der Waals surface area (Å²) in [6.07, 6.45) is 2.89. The van der Waals surface area contributed by atoms with Crippen LogP contribution in [0.15, 0.2) is 42.5 Å². The first-order valence-corrected chi connectivity index (χ1v) is 9.68. The lowest BCUT2D eigenvalue weighted by Crippen LogP contribution is -2.43. The van der Waals surface area contributed by atoms with Crippen LogP contribution < -0.4 is 14.8 Å². The summed E-state index contributed by atoms with van der Waals surface area (Å²) in [5.41, 5.74) is 3.96. The molecule has 0 unspecified atom stereocenters. The maximum Gasteiger partial charge on any atom is 0.169 e. The molecular formula is C21H24N2O2S. The van der Waals surface area contributed by atoms with E-state index >= 15 is 0 Å². The molecule has 0 fully saturated rings. The first-order chi connectivity index (χ1) is 12.8. The van der Waals surface area contributed by atoms with Crippen LogP contribution in [0.1, 0.15) is 23.1 Å². The van der Waals surface area contributed by atoms with Gasteiger partial charge in [-0.25, -0.2) is 0 Å². The Labute approximate surface area is 160 Å². The van der Waals surface area contributed by atoms with E-state index in [0.717, 1.165) is 68.7 Å². The predicted octanol–water partition coefficient (Wildman–Crippen LogP) is 3.32. The van der Waals surface area contributed by atoms with Gasteiger partial charge in [0.2, 0.25) is 0 Å². The molecule has 0 radical (unpaired) electrons. The highest BCUT2D eigenvalue weighted by Crippen LogP contribution is 2.35. The van der Waals surface area contributed by atoms with Crippen molar-refractivity contribution in [2.75, 3.05) is 26.3 Å². The molecule has 0 spiro atoms. The van der Waals surface area contributed by atoms with Crippen LogP contribution in [0.3, 0.4) is 0 Å². The maximum absolute atomic E-state index is 5.83. The predicted molar refractivity (Wildman–Crippen MR) is 107 cm³/mol. The lowest BCUT2D eigenvalue weighted by atomic mass is 9.99. The Morgan fingerprint density at radius 1 is 1.04 bits per heavy atom. The molecule has 1 N–H and O–H groups in total. The molecule has 26 heavy (non-hydrogen) atoms. The van der Waals surface area contributed by atoms with E-state index in [0.29, 0.717) is 0 Å². The smallest absolute Gasteiger partial charge is 0.169 e. The monoisotopic (exact) mass is 368 g/mol. The highest BCUT2D eigenvalue weighted by Gasteiger charge is 2.22. The van der Waals surface area contributed by atoms with Crippen molar-refractivity contribution in [3.8, 4) is 11.5 Å². The third kappa shape index (κ3) is 3.93. The Kier molecular flexibility index (Phi) is 5.25. The van der Waals surface area contributed by atoms with Crippen LogP contribution in [0.25, 0.3) is 0 Å². The molecule has 0 saturated heterocycles. The van der Waals surface area contributed by atoms with Crippen molar-refractivity contribution in [2.45, 2.75) is 25.8 Å². The van der Waals surface area contributed by atoms with Crippen molar-refractivity contribution in [3.63, 3.8) is 0 Å². The first-order valence-electron chi connectivity index (χ1n) is 9.28. The Balaban J connectivity index is 1.36. The molecule has 4 rings (SSSR count). The summed E-state index contributed by atoms with van der Waals surface area (Å²) in [6.45, 7) is 4.06. The fourth-order valence-corrected chi connectivity index (χ4v) is 3.71. The van der Waals surface area contributed by atoms with E-state index in [4.69, 9.17) is 21.7 Å². The van der Waals surface area contributed by atoms with Crippen molar-refractivity contribution in [2.24, 2.45) is 0 Å². The Hall–Kier alpha value is -2.27. The van der Waals surface area contributed by atoms with Crippen LogP contribution in [0.2, 0.25) is 0 Å². The van der Waals surface area contributed by atoms with Crippen molar-refractivity contribution >= 4 is 17.3 Å². The molecule has 2 aromatic carbocycles. The van der Waals surface area contributed by atoms with E-state index in [-0.39, 0.29) is 0 Å². The van der Waals surface area contributed by atoms with E-state index in [1.165, 1.54) is 16.7 Å². The Bertz CT molecular complexity index is 779. The minimum absolute atomic E-state index is 0.717. The molecule has 5 heteroatoms. The van der Waals surface area contributed by atoms with E-state index in [9.17, 15) is 0 Å². The van der Waals surface area contributed by atoms with Gasteiger partial charge in [0.15, 0.2) is 16.6 Å². The third-order valence-electron chi connectivity index (χ3n) is 4.90. The second-order valence-corrected chi connectivity index (χ2v) is 7.14. The molecule has 0 amide bonds. The number of fused-ring (bicyclic) bond motifs is 2. The van der Waals surface area contributed by atoms with Gasteiger partial charge in [-0.3, -0.25) is 0 Å². The zero-order chi connectivity index (χ0) is 17.8. The van der Waals surface area contributed by atoms with Crippen LogP contribution in [-0.2, 0) is 19.4 Å². The minimum Gasteiger partial charge on any atom is -0.490 e. The van der Waals surface area contributed by atoms with Gasteiger partial charge in [-0.2, -0.15) is 0 Å². The molecule has 0 atom stereocenters. The quantitative estimate of drug-likeness (QED) is 0.841. The summed E-state index contributed by atoms with van der Waals surface area (Å²) in [4.78, 5) is 2.24. The van der Waals surface area contributed by atoms with Crippen molar-refractivity contribution in [1.29, 1.82) is 0 Å². The summed E-state index contributed by atoms with van der Waals surface area (Å²) in [5.74, 6) is 1.75. The van der Waals surface area contributed by atoms with Gasteiger partial charge in [0.1, 0.15) is 0 Å². The molecule has 2 aliphatic rings. The van der Waals surface area contributed by atoms with Crippen LogP contribution in [0, 0.1) is 0 Å². The molecule has 4 nitrogen and oxygen atoms in total. The highest BCUT2D eigenvalue weighted by atomic mass is 32.1. The zero-order valence-electron chi connectivity index (χ0n) is 14.9. The number of rotatable bonds is 3. The van der Waals surface area contributed by atoms with Crippen molar-refractivity contribution in [3.05, 3.63) is 59.2 Å². The summed E-state index contributed by atoms with van der Waals surface area (Å²) < 4.78 is 11.6. The van der Waals surface area contributed by atoms with E-state index in [1.54, 1.807) is 0 Å². The molecule has 2 heterocycles. The number of hydrogen-bond donors (Lipinski definition) is 1. The number of ether oxygens (including phenoxy) is 2. The van der Waals surface area contributed by atoms with Crippen LogP contribution in [-0.4, -0.2) is 36.3 Å². The molecule has 0 aliphatic carbocycles. The van der Waals surface area contributed by atoms with Gasteiger partial charge in [-0.15, -0.1) is 0 Å². The third-order valence-corrected chi connectivity index (χ3v) is 5.30. The average Bonchev–Trinajstić information content (AvgIpc) is 2.91. The number of thiocarbonyl (C=S) groups is 1. The molecule has 136 valence electrons. The van der Waals surface area contributed by atoms with E-state index < -0.39 is 0 Å². The second kappa shape index (κ2) is 7.96. The molecular weight excluding hydrogens is 344 g/mol. The van der Waals surface area contributed by atoms with E-state index in [2.05, 4.69) is 46.6 Å². The summed E-state index contributed by atoms with van der Waals surface area (Å²) in [5, 5.41) is 4.24. The first kappa shape index (κ1) is 17.2. The standard InChI is InChI=1S/C21H24N2O2S/c26-21(22-9-7-16-5-2-1-3-6-16)23-10-8-17-13-19-20(14-18(17)15-23)25-12-4-11-24-19/h1-3,5-6,13-14H,4,7-12,15H2,(H,22,26). The van der Waals surface area contributed by atoms with Gasteiger partial charge in [-0.05, 0) is 53.9 Å². The lowest BCUT2D eigenvalue weighted by molar-refractivity contribution is 0.297. The highest BCUT2D eigenvalue weighted by molar-refractivity contribution is 7.80. The van der Waals surface area contributed by atoms with Gasteiger partial charge in [0.25, 0.3) is 0 Å². The SMILES string of the molecule is S=C(NCCc1ccccc1)N1CCc2cc3c(cc2C1)OCCCO3. The average molecular weight is 369 g/mol. The fourth-order valence-electron chi connectivity index (χ4n) is 3.46. The molecule has 2 aromatic rings. The zero-order valence-corrected chi connectivity index (χ0v) is 15.7. The largest absolute Gasteiger partial charge is 0.490 e. The lowest BCUT2D eigenvalue weighted by Gasteiger charge is -2.31. The van der Waals surface area contributed by atoms with Crippen molar-refractivity contribution < 1.29 is 9.47 Å². The molecule has 0 bridgehead atoms. The number of nitrogens with zero attached hydrogens (tertiary/aromatic N) is 1. The van der Waals surface area contributed by atoms with Crippen molar-refractivity contribution in [1.82, 2.24) is 10.2 Å². The topological polar surface area (TPSA) is 33.7 Å². The minimum atomic E-state index is 0.717. The summed E-state index contributed by atoms with van der Waals surface area (Å²) >= 11 is 5.62. The van der Waals surface area contributed by atoms with Crippen LogP contribution >= 0.6 is 12.2 Å². The maximum atomic E-state index is 5.83. The molecule has 2 aliphatic heterocycles. The Morgan fingerprint density at radius 2 is 1.77 bits per heavy atom. The normalized spacial score (nSPS) is 15.8. The molecule has 0 saturated carbocycles. The molecule has 0 aromatic heterocycles. The number of benzene rings is 2. The van der Waals surface area contributed by atoms with Gasteiger partial charge in [0.05, 0.1) is 13.2 Å². The summed E-state index contributed by atoms with van der Waals surface area (Å²) in [6, 6.07) is 14.8. The summed E-state index contributed by atoms with van der Waals surface area (Å²) in [7, 11) is 0.